The lowest BCUT2D eigenvalue weighted by Gasteiger charge is -2.34. The van der Waals surface area contributed by atoms with E-state index in [1.165, 1.54) is 12.8 Å². The van der Waals surface area contributed by atoms with Gasteiger partial charge in [-0.1, -0.05) is 5.21 Å². The Morgan fingerprint density at radius 1 is 0.976 bits per heavy atom. The fraction of sp³-hybridized carbons (Fsp3) is 0.556. The van der Waals surface area contributed by atoms with Gasteiger partial charge in [-0.25, -0.2) is 31.8 Å². The van der Waals surface area contributed by atoms with E-state index in [0.717, 1.165) is 42.9 Å². The average Bonchev–Trinajstić information content (AvgIpc) is 3.48. The van der Waals surface area contributed by atoms with Crippen LogP contribution in [0.1, 0.15) is 44.2 Å². The molecule has 2 N–H and O–H groups in total. The minimum absolute atomic E-state index is 0.172. The first kappa shape index (κ1) is 27.8. The Balaban J connectivity index is 1.30. The van der Waals surface area contributed by atoms with Crippen molar-refractivity contribution in [3.05, 3.63) is 36.3 Å². The summed E-state index contributed by atoms with van der Waals surface area (Å²) in [4.78, 5) is 13.0. The lowest BCUT2D eigenvalue weighted by molar-refractivity contribution is -0.0221. The minimum atomic E-state index is -3.74. The summed E-state index contributed by atoms with van der Waals surface area (Å²) in [6.07, 6.45) is 7.62. The van der Waals surface area contributed by atoms with Crippen LogP contribution >= 0.6 is 0 Å². The number of aliphatic hydroxyl groups is 1. The van der Waals surface area contributed by atoms with Crippen LogP contribution in [0.4, 0.5) is 26.1 Å². The number of nitrogens with one attached hydrogen (secondary N) is 1. The zero-order valence-electron chi connectivity index (χ0n) is 22.9. The number of hydrogen-bond acceptors (Lipinski definition) is 9. The third-order valence-electron chi connectivity index (χ3n) is 8.40. The molecule has 3 fully saturated rings. The van der Waals surface area contributed by atoms with E-state index in [9.17, 15) is 17.2 Å². The molecule has 11 nitrogen and oxygen atoms in total. The number of hydrogen-bond donors (Lipinski definition) is 2. The number of pyridine rings is 2. The molecule has 3 aromatic heterocycles. The first-order valence-electron chi connectivity index (χ1n) is 13.9. The highest BCUT2D eigenvalue weighted by atomic mass is 32.2. The topological polar surface area (TPSA) is 129 Å². The second-order valence-electron chi connectivity index (χ2n) is 11.4. The molecular formula is C27H34F2N8O3S. The van der Waals surface area contributed by atoms with E-state index in [1.807, 2.05) is 24.0 Å². The van der Waals surface area contributed by atoms with Crippen molar-refractivity contribution in [1.82, 2.24) is 25.0 Å². The van der Waals surface area contributed by atoms with Crippen molar-refractivity contribution in [2.45, 2.75) is 51.4 Å². The van der Waals surface area contributed by atoms with Gasteiger partial charge in [0, 0.05) is 56.3 Å². The van der Waals surface area contributed by atoms with Crippen LogP contribution in [0.5, 0.6) is 0 Å². The Morgan fingerprint density at radius 3 is 2.37 bits per heavy atom. The van der Waals surface area contributed by atoms with Crippen LogP contribution in [-0.2, 0) is 10.0 Å². The third kappa shape index (κ3) is 6.13. The maximum atomic E-state index is 13.7. The summed E-state index contributed by atoms with van der Waals surface area (Å²) in [5.74, 6) is -2.25. The predicted molar refractivity (Wildman–Crippen MR) is 151 cm³/mol. The van der Waals surface area contributed by atoms with Gasteiger partial charge in [-0.15, -0.1) is 5.10 Å². The normalized spacial score (nSPS) is 19.9. The summed E-state index contributed by atoms with van der Waals surface area (Å²) in [6.45, 7) is 3.51. The number of alkyl halides is 2. The van der Waals surface area contributed by atoms with Gasteiger partial charge in [-0.2, -0.15) is 0 Å². The van der Waals surface area contributed by atoms with E-state index in [4.69, 9.17) is 5.11 Å². The Bertz CT molecular complexity index is 1520. The minimum Gasteiger partial charge on any atom is -0.395 e. The molecule has 0 atom stereocenters. The summed E-state index contributed by atoms with van der Waals surface area (Å²) in [7, 11) is -3.74. The molecule has 0 aromatic carbocycles. The zero-order valence-corrected chi connectivity index (χ0v) is 23.7. The van der Waals surface area contributed by atoms with Gasteiger partial charge < -0.3 is 14.9 Å². The number of piperidine rings is 2. The molecule has 3 aliphatic rings. The summed E-state index contributed by atoms with van der Waals surface area (Å²) in [6, 6.07) is 5.44. The van der Waals surface area contributed by atoms with Crippen molar-refractivity contribution in [1.29, 1.82) is 0 Å². The van der Waals surface area contributed by atoms with Crippen molar-refractivity contribution < 1.29 is 22.3 Å². The number of aliphatic hydroxyl groups excluding tert-OH is 1. The maximum absolute atomic E-state index is 13.7. The first-order valence-corrected chi connectivity index (χ1v) is 15.6. The van der Waals surface area contributed by atoms with Crippen LogP contribution in [0.25, 0.3) is 16.9 Å². The van der Waals surface area contributed by atoms with Gasteiger partial charge in [0.25, 0.3) is 5.92 Å². The average molecular weight is 589 g/mol. The molecule has 41 heavy (non-hydrogen) atoms. The van der Waals surface area contributed by atoms with E-state index in [1.54, 1.807) is 23.1 Å². The van der Waals surface area contributed by atoms with Crippen molar-refractivity contribution in [3.8, 4) is 16.9 Å². The predicted octanol–water partition coefficient (Wildman–Crippen LogP) is 3.38. The lowest BCUT2D eigenvalue weighted by atomic mass is 9.93. The molecule has 1 saturated carbocycles. The van der Waals surface area contributed by atoms with Gasteiger partial charge in [0.05, 0.1) is 30.4 Å². The van der Waals surface area contributed by atoms with Gasteiger partial charge in [0.2, 0.25) is 10.0 Å². The number of halogens is 2. The smallest absolute Gasteiger partial charge is 0.251 e. The molecule has 220 valence electrons. The van der Waals surface area contributed by atoms with Crippen molar-refractivity contribution >= 4 is 27.3 Å². The SMILES string of the molecule is Cc1cc(-c2cn(-c3cnc(NS(=O)(=O)CCO)cc3N3CCC4(CC3)CC4)nn2)cc(N2CCC(F)(F)CC2)n1. The number of anilines is 3. The Kier molecular flexibility index (Phi) is 7.09. The van der Waals surface area contributed by atoms with Crippen LogP contribution in [0.2, 0.25) is 0 Å². The number of aryl methyl sites for hydroxylation is 1. The monoisotopic (exact) mass is 588 g/mol. The number of aromatic nitrogens is 5. The first-order chi connectivity index (χ1) is 19.5. The molecule has 0 bridgehead atoms. The van der Waals surface area contributed by atoms with Crippen LogP contribution < -0.4 is 14.5 Å². The third-order valence-corrected chi connectivity index (χ3v) is 9.64. The quantitative estimate of drug-likeness (QED) is 0.407. The molecule has 5 heterocycles. The molecule has 1 spiro atoms. The highest BCUT2D eigenvalue weighted by Gasteiger charge is 2.44. The van der Waals surface area contributed by atoms with E-state index < -0.39 is 28.3 Å². The Hall–Kier alpha value is -3.39. The van der Waals surface area contributed by atoms with Gasteiger partial charge >= 0.3 is 0 Å². The van der Waals surface area contributed by atoms with E-state index in [0.29, 0.717) is 22.6 Å². The molecule has 2 saturated heterocycles. The largest absolute Gasteiger partial charge is 0.395 e. The molecule has 6 rings (SSSR count). The van der Waals surface area contributed by atoms with Crippen LogP contribution in [0.15, 0.2) is 30.6 Å². The van der Waals surface area contributed by atoms with Crippen LogP contribution in [-0.4, -0.2) is 82.9 Å². The van der Waals surface area contributed by atoms with Crippen LogP contribution in [0, 0.1) is 12.3 Å². The fourth-order valence-corrected chi connectivity index (χ4v) is 6.46. The van der Waals surface area contributed by atoms with Crippen LogP contribution in [0.3, 0.4) is 0 Å². The highest BCUT2D eigenvalue weighted by Crippen LogP contribution is 2.54. The molecule has 14 heteroatoms. The summed E-state index contributed by atoms with van der Waals surface area (Å²) in [5.41, 5.74) is 4.01. The number of nitrogens with zero attached hydrogens (tertiary/aromatic N) is 7. The molecule has 2 aliphatic heterocycles. The van der Waals surface area contributed by atoms with E-state index in [2.05, 4.69) is 29.9 Å². The van der Waals surface area contributed by atoms with Crippen molar-refractivity contribution in [3.63, 3.8) is 0 Å². The molecule has 0 radical (unpaired) electrons. The van der Waals surface area contributed by atoms with Gasteiger partial charge in [-0.05, 0) is 50.2 Å². The highest BCUT2D eigenvalue weighted by molar-refractivity contribution is 7.92. The molecular weight excluding hydrogens is 554 g/mol. The van der Waals surface area contributed by atoms with Gasteiger partial charge in [-0.3, -0.25) is 4.72 Å². The van der Waals surface area contributed by atoms with Gasteiger partial charge in [0.15, 0.2) is 0 Å². The zero-order chi connectivity index (χ0) is 28.8. The second kappa shape index (κ2) is 10.5. The van der Waals surface area contributed by atoms with Crippen molar-refractivity contribution in [2.24, 2.45) is 5.41 Å². The van der Waals surface area contributed by atoms with Crippen molar-refractivity contribution in [2.75, 3.05) is 53.1 Å². The Labute approximate surface area is 237 Å². The molecule has 3 aromatic rings. The lowest BCUT2D eigenvalue weighted by Crippen LogP contribution is -2.39. The number of sulfonamides is 1. The van der Waals surface area contributed by atoms with E-state index >= 15 is 0 Å². The van der Waals surface area contributed by atoms with E-state index in [-0.39, 0.29) is 31.7 Å². The molecule has 0 amide bonds. The second-order valence-corrected chi connectivity index (χ2v) is 13.3. The summed E-state index contributed by atoms with van der Waals surface area (Å²) >= 11 is 0. The standard InChI is InChI=1S/C27H34F2N8O3S/c1-19-14-20(15-25(31-19)36-10-6-27(28,29)7-11-36)21-18-37(34-32-21)23-17-30-24(33-41(39,40)13-12-38)16-22(23)35-8-4-26(2-3-26)5-9-35/h14-18,38H,2-13H2,1H3,(H,30,33). The summed E-state index contributed by atoms with van der Waals surface area (Å²) in [5, 5.41) is 17.9. The maximum Gasteiger partial charge on any atom is 0.251 e. The Morgan fingerprint density at radius 2 is 1.68 bits per heavy atom. The molecule has 1 aliphatic carbocycles. The molecule has 0 unspecified atom stereocenters. The number of rotatable bonds is 8. The van der Waals surface area contributed by atoms with Gasteiger partial charge in [0.1, 0.15) is 23.0 Å². The summed E-state index contributed by atoms with van der Waals surface area (Å²) < 4.78 is 56.1. The fourth-order valence-electron chi connectivity index (χ4n) is 5.69.